The maximum Gasteiger partial charge on any atom is 0.240 e. The van der Waals surface area contributed by atoms with Crippen LogP contribution < -0.4 is 10.0 Å². The van der Waals surface area contributed by atoms with Crippen LogP contribution in [0.1, 0.15) is 0 Å². The van der Waals surface area contributed by atoms with Gasteiger partial charge in [0.05, 0.1) is 22.6 Å². The third-order valence-electron chi connectivity index (χ3n) is 2.72. The zero-order valence-corrected chi connectivity index (χ0v) is 12.4. The number of rotatable bonds is 4. The van der Waals surface area contributed by atoms with Gasteiger partial charge in [0.1, 0.15) is 5.82 Å². The molecule has 1 aromatic carbocycles. The van der Waals surface area contributed by atoms with Crippen LogP contribution in [-0.2, 0) is 14.8 Å². The Morgan fingerprint density at radius 2 is 2.32 bits per heavy atom. The van der Waals surface area contributed by atoms with Gasteiger partial charge in [0.25, 0.3) is 0 Å². The van der Waals surface area contributed by atoms with E-state index < -0.39 is 15.8 Å². The SMILES string of the molecule is O=S(=O)(NCC1COCCN1)c1ccc(Br)c(F)c1. The zero-order chi connectivity index (χ0) is 13.9. The minimum atomic E-state index is -3.71. The summed E-state index contributed by atoms with van der Waals surface area (Å²) < 4.78 is 45.2. The van der Waals surface area contributed by atoms with Gasteiger partial charge in [0.2, 0.25) is 10.0 Å². The van der Waals surface area contributed by atoms with Crippen LogP contribution >= 0.6 is 15.9 Å². The topological polar surface area (TPSA) is 67.4 Å². The average molecular weight is 353 g/mol. The summed E-state index contributed by atoms with van der Waals surface area (Å²) in [5.41, 5.74) is 0. The molecule has 0 aromatic heterocycles. The average Bonchev–Trinajstić information content (AvgIpc) is 2.41. The molecule has 2 N–H and O–H groups in total. The van der Waals surface area contributed by atoms with Gasteiger partial charge in [-0.1, -0.05) is 0 Å². The van der Waals surface area contributed by atoms with Gasteiger partial charge in [-0.25, -0.2) is 17.5 Å². The predicted octanol–water partition coefficient (Wildman–Crippen LogP) is 0.855. The number of nitrogens with one attached hydrogen (secondary N) is 2. The molecular formula is C11H14BrFN2O3S. The number of hydrogen-bond donors (Lipinski definition) is 2. The Labute approximate surface area is 119 Å². The number of ether oxygens (including phenoxy) is 1. The van der Waals surface area contributed by atoms with Crippen molar-refractivity contribution in [3.05, 3.63) is 28.5 Å². The third kappa shape index (κ3) is 3.96. The summed E-state index contributed by atoms with van der Waals surface area (Å²) in [6.07, 6.45) is 0. The summed E-state index contributed by atoms with van der Waals surface area (Å²) in [6.45, 7) is 1.98. The molecule has 1 aromatic rings. The lowest BCUT2D eigenvalue weighted by Gasteiger charge is -2.23. The summed E-state index contributed by atoms with van der Waals surface area (Å²) >= 11 is 2.98. The van der Waals surface area contributed by atoms with E-state index in [1.54, 1.807) is 0 Å². The van der Waals surface area contributed by atoms with Crippen LogP contribution in [0.2, 0.25) is 0 Å². The highest BCUT2D eigenvalue weighted by atomic mass is 79.9. The molecule has 0 saturated carbocycles. The van der Waals surface area contributed by atoms with Crippen LogP contribution in [0.15, 0.2) is 27.6 Å². The Hall–Kier alpha value is -0.540. The molecule has 0 aliphatic carbocycles. The highest BCUT2D eigenvalue weighted by molar-refractivity contribution is 9.10. The smallest absolute Gasteiger partial charge is 0.240 e. The molecule has 1 saturated heterocycles. The molecule has 2 rings (SSSR count). The molecule has 1 heterocycles. The van der Waals surface area contributed by atoms with Crippen LogP contribution in [0.4, 0.5) is 4.39 Å². The van der Waals surface area contributed by atoms with Crippen LogP contribution in [0, 0.1) is 5.82 Å². The van der Waals surface area contributed by atoms with E-state index in [1.165, 1.54) is 12.1 Å². The number of morpholine rings is 1. The first-order valence-electron chi connectivity index (χ1n) is 5.75. The van der Waals surface area contributed by atoms with Gasteiger partial charge in [-0.2, -0.15) is 0 Å². The molecule has 1 unspecified atom stereocenters. The molecule has 19 heavy (non-hydrogen) atoms. The van der Waals surface area contributed by atoms with Crippen molar-refractivity contribution in [3.63, 3.8) is 0 Å². The lowest BCUT2D eigenvalue weighted by molar-refractivity contribution is 0.0784. The highest BCUT2D eigenvalue weighted by Crippen LogP contribution is 2.19. The standard InChI is InChI=1S/C11H14BrFN2O3S/c12-10-2-1-9(5-11(10)13)19(16,17)15-6-8-7-18-4-3-14-8/h1-2,5,8,14-15H,3-4,6-7H2. The van der Waals surface area contributed by atoms with Crippen LogP contribution in [0.5, 0.6) is 0 Å². The molecule has 1 aliphatic rings. The zero-order valence-electron chi connectivity index (χ0n) is 10.0. The second-order valence-corrected chi connectivity index (χ2v) is 6.78. The largest absolute Gasteiger partial charge is 0.378 e. The minimum Gasteiger partial charge on any atom is -0.378 e. The molecule has 0 bridgehead atoms. The normalized spacial score (nSPS) is 20.4. The number of sulfonamides is 1. The Balaban J connectivity index is 2.02. The van der Waals surface area contributed by atoms with Gasteiger partial charge in [-0.3, -0.25) is 0 Å². The van der Waals surface area contributed by atoms with E-state index >= 15 is 0 Å². The van der Waals surface area contributed by atoms with Gasteiger partial charge < -0.3 is 10.1 Å². The molecule has 1 aliphatic heterocycles. The Kier molecular flexibility index (Phi) is 4.91. The van der Waals surface area contributed by atoms with Gasteiger partial charge in [-0.05, 0) is 34.1 Å². The molecule has 0 spiro atoms. The van der Waals surface area contributed by atoms with Crippen molar-refractivity contribution in [2.24, 2.45) is 0 Å². The van der Waals surface area contributed by atoms with E-state index in [0.717, 1.165) is 6.07 Å². The summed E-state index contributed by atoms with van der Waals surface area (Å²) in [7, 11) is -3.71. The second-order valence-electron chi connectivity index (χ2n) is 4.15. The van der Waals surface area contributed by atoms with E-state index in [2.05, 4.69) is 26.0 Å². The maximum absolute atomic E-state index is 13.3. The first kappa shape index (κ1) is 14.9. The molecular weight excluding hydrogens is 339 g/mol. The van der Waals surface area contributed by atoms with E-state index in [0.29, 0.717) is 19.8 Å². The lowest BCUT2D eigenvalue weighted by Crippen LogP contribution is -2.48. The summed E-state index contributed by atoms with van der Waals surface area (Å²) in [6, 6.07) is 3.63. The molecule has 1 atom stereocenters. The number of halogens is 2. The van der Waals surface area contributed by atoms with Crippen molar-refractivity contribution in [2.45, 2.75) is 10.9 Å². The summed E-state index contributed by atoms with van der Waals surface area (Å²) in [4.78, 5) is -0.0927. The first-order chi connectivity index (χ1) is 8.99. The first-order valence-corrected chi connectivity index (χ1v) is 8.02. The molecule has 106 valence electrons. The van der Waals surface area contributed by atoms with Crippen molar-refractivity contribution in [1.82, 2.24) is 10.0 Å². The van der Waals surface area contributed by atoms with Gasteiger partial charge in [-0.15, -0.1) is 0 Å². The van der Waals surface area contributed by atoms with E-state index in [9.17, 15) is 12.8 Å². The molecule has 0 radical (unpaired) electrons. The van der Waals surface area contributed by atoms with Gasteiger partial charge >= 0.3 is 0 Å². The van der Waals surface area contributed by atoms with Crippen LogP contribution in [0.3, 0.4) is 0 Å². The molecule has 0 amide bonds. The van der Waals surface area contributed by atoms with Crippen molar-refractivity contribution >= 4 is 26.0 Å². The van der Waals surface area contributed by atoms with Crippen molar-refractivity contribution in [1.29, 1.82) is 0 Å². The lowest BCUT2D eigenvalue weighted by atomic mass is 10.3. The molecule has 1 fully saturated rings. The number of hydrogen-bond acceptors (Lipinski definition) is 4. The monoisotopic (exact) mass is 352 g/mol. The van der Waals surface area contributed by atoms with Gasteiger partial charge in [0.15, 0.2) is 0 Å². The fourth-order valence-electron chi connectivity index (χ4n) is 1.69. The molecule has 5 nitrogen and oxygen atoms in total. The van der Waals surface area contributed by atoms with E-state index in [-0.39, 0.29) is 22.0 Å². The van der Waals surface area contributed by atoms with Crippen molar-refractivity contribution < 1.29 is 17.5 Å². The van der Waals surface area contributed by atoms with Gasteiger partial charge in [0, 0.05) is 19.1 Å². The van der Waals surface area contributed by atoms with E-state index in [1.807, 2.05) is 0 Å². The Bertz CT molecular complexity index is 547. The predicted molar refractivity (Wildman–Crippen MR) is 71.9 cm³/mol. The number of benzene rings is 1. The summed E-state index contributed by atoms with van der Waals surface area (Å²) in [5, 5.41) is 3.13. The highest BCUT2D eigenvalue weighted by Gasteiger charge is 2.19. The van der Waals surface area contributed by atoms with E-state index in [4.69, 9.17) is 4.74 Å². The fourth-order valence-corrected chi connectivity index (χ4v) is 3.03. The van der Waals surface area contributed by atoms with Crippen LogP contribution in [0.25, 0.3) is 0 Å². The second kappa shape index (κ2) is 6.27. The minimum absolute atomic E-state index is 0.0659. The van der Waals surface area contributed by atoms with Crippen molar-refractivity contribution in [3.8, 4) is 0 Å². The van der Waals surface area contributed by atoms with Crippen molar-refractivity contribution in [2.75, 3.05) is 26.3 Å². The Morgan fingerprint density at radius 3 is 2.95 bits per heavy atom. The Morgan fingerprint density at radius 1 is 1.53 bits per heavy atom. The molecule has 8 heteroatoms. The maximum atomic E-state index is 13.3. The third-order valence-corrected chi connectivity index (χ3v) is 4.78. The summed E-state index contributed by atoms with van der Waals surface area (Å²) in [5.74, 6) is -0.609. The quantitative estimate of drug-likeness (QED) is 0.843. The fraction of sp³-hybridized carbons (Fsp3) is 0.455. The van der Waals surface area contributed by atoms with Crippen LogP contribution in [-0.4, -0.2) is 40.8 Å².